The maximum atomic E-state index is 13.1. The summed E-state index contributed by atoms with van der Waals surface area (Å²) in [6.45, 7) is 14.6. The molecule has 0 heterocycles. The van der Waals surface area contributed by atoms with Gasteiger partial charge in [0, 0.05) is 17.7 Å². The molecule has 0 N–H and O–H groups in total. The van der Waals surface area contributed by atoms with Gasteiger partial charge in [-0.2, -0.15) is 0 Å². The van der Waals surface area contributed by atoms with Crippen LogP contribution in [0, 0.1) is 20.8 Å². The number of thioether (sulfide) groups is 1. The summed E-state index contributed by atoms with van der Waals surface area (Å²) >= 11 is 1.48. The minimum atomic E-state index is -0.514. The fourth-order valence-corrected chi connectivity index (χ4v) is 4.69. The van der Waals surface area contributed by atoms with Crippen molar-refractivity contribution in [1.82, 2.24) is 0 Å². The van der Waals surface area contributed by atoms with Gasteiger partial charge in [-0.3, -0.25) is 9.59 Å². The Morgan fingerprint density at radius 1 is 1.00 bits per heavy atom. The topological polar surface area (TPSA) is 43.4 Å². The van der Waals surface area contributed by atoms with E-state index in [4.69, 9.17) is 4.74 Å². The number of hydrogen-bond donors (Lipinski definition) is 0. The molecule has 0 radical (unpaired) electrons. The zero-order valence-corrected chi connectivity index (χ0v) is 20.1. The van der Waals surface area contributed by atoms with Gasteiger partial charge in [-0.1, -0.05) is 62.7 Å². The number of carbonyl (C=O) groups is 2. The van der Waals surface area contributed by atoms with Crippen LogP contribution < -0.4 is 0 Å². The van der Waals surface area contributed by atoms with Gasteiger partial charge in [0.05, 0.1) is 6.61 Å². The quantitative estimate of drug-likeness (QED) is 0.364. The summed E-state index contributed by atoms with van der Waals surface area (Å²) in [5.74, 6) is 0.343. The lowest BCUT2D eigenvalue weighted by molar-refractivity contribution is -0.142. The molecule has 2 aromatic rings. The average Bonchev–Trinajstić information content (AvgIpc) is 2.64. The molecule has 0 saturated heterocycles. The van der Waals surface area contributed by atoms with Crippen LogP contribution in [0.2, 0.25) is 0 Å². The molecule has 0 unspecified atom stereocenters. The van der Waals surface area contributed by atoms with Gasteiger partial charge < -0.3 is 4.74 Å². The van der Waals surface area contributed by atoms with Gasteiger partial charge in [-0.15, -0.1) is 11.8 Å². The molecule has 0 saturated carbocycles. The van der Waals surface area contributed by atoms with Gasteiger partial charge >= 0.3 is 5.97 Å². The molecular weight excluding hydrogens is 392 g/mol. The van der Waals surface area contributed by atoms with Gasteiger partial charge in [0.1, 0.15) is 5.25 Å². The first-order chi connectivity index (χ1) is 14.0. The molecule has 1 atom stereocenters. The monoisotopic (exact) mass is 426 g/mol. The largest absolute Gasteiger partial charge is 0.465 e. The van der Waals surface area contributed by atoms with Crippen LogP contribution in [0.15, 0.2) is 36.4 Å². The van der Waals surface area contributed by atoms with Gasteiger partial charge in [0.25, 0.3) is 0 Å². The molecule has 4 heteroatoms. The van der Waals surface area contributed by atoms with Crippen LogP contribution >= 0.6 is 11.8 Å². The highest BCUT2D eigenvalue weighted by Gasteiger charge is 2.26. The molecule has 0 aliphatic heterocycles. The summed E-state index contributed by atoms with van der Waals surface area (Å²) < 4.78 is 5.26. The molecular formula is C26H34O3S. The summed E-state index contributed by atoms with van der Waals surface area (Å²) in [6.07, 6.45) is 0.147. The first-order valence-electron chi connectivity index (χ1n) is 10.5. The number of rotatable bonds is 8. The lowest BCUT2D eigenvalue weighted by atomic mass is 9.87. The second-order valence-electron chi connectivity index (χ2n) is 8.90. The summed E-state index contributed by atoms with van der Waals surface area (Å²) in [5, 5.41) is -0.514. The number of esters is 1. The van der Waals surface area contributed by atoms with Crippen molar-refractivity contribution in [3.05, 3.63) is 69.8 Å². The highest BCUT2D eigenvalue weighted by atomic mass is 32.2. The summed E-state index contributed by atoms with van der Waals surface area (Å²) in [5.41, 5.74) is 6.30. The van der Waals surface area contributed by atoms with Crippen molar-refractivity contribution in [1.29, 1.82) is 0 Å². The van der Waals surface area contributed by atoms with Gasteiger partial charge in [0.2, 0.25) is 0 Å². The highest BCUT2D eigenvalue weighted by molar-refractivity contribution is 7.99. The van der Waals surface area contributed by atoms with E-state index in [9.17, 15) is 9.59 Å². The number of ketones is 1. The summed E-state index contributed by atoms with van der Waals surface area (Å²) in [7, 11) is 0. The van der Waals surface area contributed by atoms with E-state index in [-0.39, 0.29) is 23.6 Å². The number of carbonyl (C=O) groups excluding carboxylic acids is 2. The number of aryl methyl sites for hydroxylation is 3. The van der Waals surface area contributed by atoms with Crippen LogP contribution in [0.25, 0.3) is 0 Å². The van der Waals surface area contributed by atoms with E-state index in [0.717, 1.165) is 27.8 Å². The fraction of sp³-hybridized carbons (Fsp3) is 0.462. The predicted molar refractivity (Wildman–Crippen MR) is 126 cm³/mol. The zero-order chi connectivity index (χ0) is 22.5. The van der Waals surface area contributed by atoms with Gasteiger partial charge in [-0.25, -0.2) is 0 Å². The van der Waals surface area contributed by atoms with E-state index in [1.807, 2.05) is 32.9 Å². The molecule has 30 heavy (non-hydrogen) atoms. The number of hydrogen-bond acceptors (Lipinski definition) is 4. The zero-order valence-electron chi connectivity index (χ0n) is 19.3. The minimum absolute atomic E-state index is 0.00127. The molecule has 0 aromatic heterocycles. The molecule has 0 fully saturated rings. The van der Waals surface area contributed by atoms with Crippen LogP contribution in [0.1, 0.15) is 72.3 Å². The Labute approximate surface area is 185 Å². The molecule has 2 rings (SSSR count). The van der Waals surface area contributed by atoms with Gasteiger partial charge in [-0.05, 0) is 55.4 Å². The van der Waals surface area contributed by atoms with Crippen LogP contribution in [0.5, 0.6) is 0 Å². The Morgan fingerprint density at radius 2 is 1.57 bits per heavy atom. The Bertz CT molecular complexity index is 868. The van der Waals surface area contributed by atoms with Crippen LogP contribution in [-0.2, 0) is 20.7 Å². The van der Waals surface area contributed by atoms with Crippen molar-refractivity contribution < 1.29 is 14.3 Å². The second kappa shape index (κ2) is 10.3. The summed E-state index contributed by atoms with van der Waals surface area (Å²) in [4.78, 5) is 25.6. The molecule has 162 valence electrons. The van der Waals surface area contributed by atoms with Crippen molar-refractivity contribution in [2.75, 3.05) is 6.61 Å². The normalized spacial score (nSPS) is 12.5. The van der Waals surface area contributed by atoms with E-state index < -0.39 is 5.25 Å². The van der Waals surface area contributed by atoms with Crippen molar-refractivity contribution in [3.63, 3.8) is 0 Å². The van der Waals surface area contributed by atoms with E-state index >= 15 is 0 Å². The first kappa shape index (κ1) is 24.2. The Kier molecular flexibility index (Phi) is 8.31. The Hall–Kier alpha value is -2.07. The predicted octanol–water partition coefficient (Wildman–Crippen LogP) is 6.35. The maximum Gasteiger partial charge on any atom is 0.319 e. The first-order valence-corrected chi connectivity index (χ1v) is 11.6. The third-order valence-electron chi connectivity index (χ3n) is 5.15. The lowest BCUT2D eigenvalue weighted by Gasteiger charge is -2.19. The number of ether oxygens (including phenoxy) is 1. The Morgan fingerprint density at radius 3 is 2.07 bits per heavy atom. The number of Topliss-reactive ketones (excluding diaryl/α,β-unsaturated/α-hetero) is 1. The second-order valence-corrected chi connectivity index (χ2v) is 10.1. The van der Waals surface area contributed by atoms with E-state index in [2.05, 4.69) is 45.0 Å². The Balaban J connectivity index is 2.15. The fourth-order valence-electron chi connectivity index (χ4n) is 3.63. The number of benzene rings is 2. The molecule has 0 bridgehead atoms. The van der Waals surface area contributed by atoms with Crippen molar-refractivity contribution in [2.24, 2.45) is 0 Å². The smallest absolute Gasteiger partial charge is 0.319 e. The molecule has 3 nitrogen and oxygen atoms in total. The van der Waals surface area contributed by atoms with E-state index in [1.165, 1.54) is 17.3 Å². The van der Waals surface area contributed by atoms with Crippen molar-refractivity contribution >= 4 is 23.5 Å². The molecule has 0 spiro atoms. The van der Waals surface area contributed by atoms with Gasteiger partial charge in [0.15, 0.2) is 5.78 Å². The third kappa shape index (κ3) is 6.46. The standard InChI is InChI=1S/C26H34O3S/c1-8-29-25(28)23(15-22(27)24-18(3)13-17(2)14-19(24)4)30-16-20-9-11-21(12-10-20)26(5,6)7/h9-14,23H,8,15-16H2,1-7H3/t23-/m0/s1. The summed E-state index contributed by atoms with van der Waals surface area (Å²) in [6, 6.07) is 12.5. The molecule has 0 aliphatic rings. The van der Waals surface area contributed by atoms with Crippen LogP contribution in [0.3, 0.4) is 0 Å². The van der Waals surface area contributed by atoms with E-state index in [0.29, 0.717) is 12.4 Å². The van der Waals surface area contributed by atoms with Crippen molar-refractivity contribution in [3.8, 4) is 0 Å². The SMILES string of the molecule is CCOC(=O)[C@H](CC(=O)c1c(C)cc(C)cc1C)SCc1ccc(C(C)(C)C)cc1. The van der Waals surface area contributed by atoms with Crippen LogP contribution in [-0.4, -0.2) is 23.6 Å². The maximum absolute atomic E-state index is 13.1. The molecule has 0 aliphatic carbocycles. The highest BCUT2D eigenvalue weighted by Crippen LogP contribution is 2.27. The third-order valence-corrected chi connectivity index (χ3v) is 6.41. The van der Waals surface area contributed by atoms with Crippen molar-refractivity contribution in [2.45, 2.75) is 71.3 Å². The van der Waals surface area contributed by atoms with E-state index in [1.54, 1.807) is 6.92 Å². The molecule has 0 amide bonds. The minimum Gasteiger partial charge on any atom is -0.465 e. The molecule has 2 aromatic carbocycles. The average molecular weight is 427 g/mol. The van der Waals surface area contributed by atoms with Crippen LogP contribution in [0.4, 0.5) is 0 Å². The lowest BCUT2D eigenvalue weighted by Crippen LogP contribution is -2.24.